The van der Waals surface area contributed by atoms with Crippen LogP contribution in [0.1, 0.15) is 5.69 Å². The molecule has 4 nitrogen and oxygen atoms in total. The molecule has 2 N–H and O–H groups in total. The van der Waals surface area contributed by atoms with Crippen LogP contribution >= 0.6 is 9.53 Å². The molecule has 14 heavy (non-hydrogen) atoms. The van der Waals surface area contributed by atoms with Gasteiger partial charge in [-0.05, 0) is 17.3 Å². The van der Waals surface area contributed by atoms with Gasteiger partial charge in [-0.1, -0.05) is 6.07 Å². The summed E-state index contributed by atoms with van der Waals surface area (Å²) >= 11 is 6.71. The third-order valence-corrected chi connectivity index (χ3v) is 1.12. The minimum absolute atomic E-state index is 0.0159. The molecule has 0 aliphatic carbocycles. The average Bonchev–Trinajstić information content (AvgIpc) is 2.22. The monoisotopic (exact) mass is 320 g/mol. The molecule has 0 saturated heterocycles. The van der Waals surface area contributed by atoms with Crippen molar-refractivity contribution in [2.45, 2.75) is 0 Å². The van der Waals surface area contributed by atoms with Gasteiger partial charge in [0.05, 0.1) is 11.9 Å². The molecular formula is C7H7ClN4PdS. The molecule has 0 spiro atoms. The topological polar surface area (TPSA) is 63.6 Å². The Bertz CT molecular complexity index is 300. The van der Waals surface area contributed by atoms with E-state index in [1.165, 1.54) is 6.21 Å². The number of nitrogens with zero attached hydrogens (tertiary/aromatic N) is 3. The van der Waals surface area contributed by atoms with Crippen LogP contribution in [0.5, 0.6) is 0 Å². The van der Waals surface area contributed by atoms with Crippen LogP contribution in [0, 0.1) is 0 Å². The molecule has 0 unspecified atom stereocenters. The van der Waals surface area contributed by atoms with Crippen molar-refractivity contribution in [3.63, 3.8) is 0 Å². The summed E-state index contributed by atoms with van der Waals surface area (Å²) in [7, 11) is 4.49. The number of nitrogens with two attached hydrogens (primary N) is 1. The second-order valence-corrected chi connectivity index (χ2v) is 2.36. The zero-order valence-electron chi connectivity index (χ0n) is 6.91. The first-order chi connectivity index (χ1) is 6.79. The van der Waals surface area contributed by atoms with Gasteiger partial charge in [0.15, 0.2) is 0 Å². The van der Waals surface area contributed by atoms with Crippen LogP contribution < -0.4 is 5.73 Å². The third kappa shape index (κ3) is 6.92. The number of hydrogen-bond acceptors (Lipinski definition) is 4. The number of amidine groups is 1. The van der Waals surface area contributed by atoms with E-state index in [9.17, 15) is 0 Å². The van der Waals surface area contributed by atoms with E-state index in [1.54, 1.807) is 12.3 Å². The number of rotatable bonds is 2. The van der Waals surface area contributed by atoms with Crippen molar-refractivity contribution < 1.29 is 18.2 Å². The quantitative estimate of drug-likeness (QED) is 0.290. The van der Waals surface area contributed by atoms with Crippen LogP contribution in [0.2, 0.25) is 0 Å². The van der Waals surface area contributed by atoms with Gasteiger partial charge in [-0.15, -0.1) is 0 Å². The van der Waals surface area contributed by atoms with Gasteiger partial charge >= 0.3 is 27.7 Å². The van der Waals surface area contributed by atoms with Crippen LogP contribution in [-0.4, -0.2) is 16.4 Å². The summed E-state index contributed by atoms with van der Waals surface area (Å²) < 4.78 is 0. The number of pyridine rings is 1. The van der Waals surface area contributed by atoms with Gasteiger partial charge in [-0.3, -0.25) is 4.98 Å². The first-order valence-corrected chi connectivity index (χ1v) is 5.76. The normalized spacial score (nSPS) is 10.9. The molecule has 0 aromatic carbocycles. The molecule has 1 rings (SSSR count). The van der Waals surface area contributed by atoms with E-state index >= 15 is 0 Å². The minimum atomic E-state index is 0.0159. The van der Waals surface area contributed by atoms with Gasteiger partial charge in [0.1, 0.15) is 0 Å². The molecule has 0 aliphatic rings. The Labute approximate surface area is 102 Å². The molecule has 0 saturated carbocycles. The van der Waals surface area contributed by atoms with Crippen LogP contribution in [0.25, 0.3) is 0 Å². The molecular weight excluding hydrogens is 314 g/mol. The number of halogens is 1. The van der Waals surface area contributed by atoms with Crippen molar-refractivity contribution in [1.82, 2.24) is 4.98 Å². The second kappa shape index (κ2) is 9.03. The summed E-state index contributed by atoms with van der Waals surface area (Å²) in [5.41, 5.74) is 5.81. The van der Waals surface area contributed by atoms with Gasteiger partial charge in [0.2, 0.25) is 0 Å². The van der Waals surface area contributed by atoms with E-state index in [1.807, 2.05) is 12.1 Å². The standard InChI is InChI=1S/C7H8N4S.ClH.Pd/c8-7(12)11-10-5-6-3-1-2-4-9-6;;/h1-5H,(H3,8,11,12);1H;/q;;+2/p-2/b10-5-;;. The summed E-state index contributed by atoms with van der Waals surface area (Å²) in [5.74, 6) is 0. The van der Waals surface area contributed by atoms with E-state index in [0.29, 0.717) is 0 Å². The van der Waals surface area contributed by atoms with E-state index in [0.717, 1.165) is 5.69 Å². The summed E-state index contributed by atoms with van der Waals surface area (Å²) in [6.45, 7) is 0. The van der Waals surface area contributed by atoms with Crippen molar-refractivity contribution in [2.75, 3.05) is 0 Å². The second-order valence-electron chi connectivity index (χ2n) is 1.94. The van der Waals surface area contributed by atoms with Crippen molar-refractivity contribution in [1.29, 1.82) is 0 Å². The SMILES string of the molecule is N/C([S-])=N\N=C/c1ccccn1.[Cl][Pd+]. The molecule has 0 amide bonds. The Morgan fingerprint density at radius 1 is 1.57 bits per heavy atom. The molecule has 78 valence electrons. The number of hydrogen-bond donors (Lipinski definition) is 1. The molecule has 7 heteroatoms. The van der Waals surface area contributed by atoms with E-state index in [4.69, 9.17) is 5.73 Å². The molecule has 0 radical (unpaired) electrons. The van der Waals surface area contributed by atoms with Crippen LogP contribution in [-0.2, 0) is 30.8 Å². The van der Waals surface area contributed by atoms with E-state index < -0.39 is 0 Å². The van der Waals surface area contributed by atoms with E-state index in [-0.39, 0.29) is 5.17 Å². The zero-order chi connectivity index (χ0) is 10.8. The fourth-order valence-corrected chi connectivity index (χ4v) is 0.644. The first kappa shape index (κ1) is 13.5. The molecule has 0 fully saturated rings. The molecule has 1 aromatic rings. The van der Waals surface area contributed by atoms with Crippen LogP contribution in [0.4, 0.5) is 0 Å². The summed E-state index contributed by atoms with van der Waals surface area (Å²) in [4.78, 5) is 3.98. The van der Waals surface area contributed by atoms with Crippen molar-refractivity contribution in [3.8, 4) is 0 Å². The third-order valence-electron chi connectivity index (χ3n) is 1.03. The van der Waals surface area contributed by atoms with Crippen LogP contribution in [0.15, 0.2) is 34.6 Å². The summed E-state index contributed by atoms with van der Waals surface area (Å²) in [6, 6.07) is 5.48. The molecule has 1 aromatic heterocycles. The van der Waals surface area contributed by atoms with Crippen molar-refractivity contribution in [3.05, 3.63) is 30.1 Å². The molecule has 1 heterocycles. The van der Waals surface area contributed by atoms with E-state index in [2.05, 4.69) is 55.5 Å². The Hall–Kier alpha value is -0.538. The van der Waals surface area contributed by atoms with Gasteiger partial charge in [0, 0.05) is 6.20 Å². The Balaban J connectivity index is 0.000000791. The van der Waals surface area contributed by atoms with Crippen molar-refractivity contribution >= 4 is 33.5 Å². The Kier molecular flexibility index (Phi) is 8.69. The zero-order valence-corrected chi connectivity index (χ0v) is 10.0. The fourth-order valence-electron chi connectivity index (χ4n) is 0.597. The fraction of sp³-hybridized carbons (Fsp3) is 0. The molecule has 0 bridgehead atoms. The van der Waals surface area contributed by atoms with Crippen LogP contribution in [0.3, 0.4) is 0 Å². The number of aromatic nitrogens is 1. The van der Waals surface area contributed by atoms with Gasteiger partial charge < -0.3 is 18.4 Å². The van der Waals surface area contributed by atoms with Gasteiger partial charge in [-0.2, -0.15) is 10.2 Å². The van der Waals surface area contributed by atoms with Gasteiger partial charge in [0.25, 0.3) is 0 Å². The molecule has 0 aliphatic heterocycles. The Morgan fingerprint density at radius 2 is 2.29 bits per heavy atom. The Morgan fingerprint density at radius 3 is 2.79 bits per heavy atom. The maximum absolute atomic E-state index is 5.09. The van der Waals surface area contributed by atoms with Gasteiger partial charge in [-0.25, -0.2) is 0 Å². The maximum atomic E-state index is 5.09. The predicted octanol–water partition coefficient (Wildman–Crippen LogP) is 0.964. The predicted molar refractivity (Wildman–Crippen MR) is 56.7 cm³/mol. The summed E-state index contributed by atoms with van der Waals surface area (Å²) in [5, 5.41) is 7.09. The molecule has 0 atom stereocenters. The van der Waals surface area contributed by atoms with Crippen molar-refractivity contribution in [2.24, 2.45) is 15.9 Å². The average molecular weight is 321 g/mol. The summed E-state index contributed by atoms with van der Waals surface area (Å²) in [6.07, 6.45) is 3.15. The first-order valence-electron chi connectivity index (χ1n) is 3.35.